The number of amides is 2. The van der Waals surface area contributed by atoms with Crippen LogP contribution in [0, 0.1) is 0 Å². The monoisotopic (exact) mass is 543 g/mol. The number of tetrazole rings is 1. The van der Waals surface area contributed by atoms with E-state index in [0.717, 1.165) is 16.7 Å². The summed E-state index contributed by atoms with van der Waals surface area (Å²) in [5.74, 6) is -3.32. The van der Waals surface area contributed by atoms with Gasteiger partial charge in [0.25, 0.3) is 11.6 Å². The predicted molar refractivity (Wildman–Crippen MR) is 125 cm³/mol. The van der Waals surface area contributed by atoms with Crippen LogP contribution < -0.4 is 11.1 Å². The Balaban J connectivity index is 0.00000408. The summed E-state index contributed by atoms with van der Waals surface area (Å²) in [5, 5.41) is 31.9. The third-order valence-corrected chi connectivity index (χ3v) is 8.30. The summed E-state index contributed by atoms with van der Waals surface area (Å²) < 4.78 is 6.82. The van der Waals surface area contributed by atoms with E-state index in [1.165, 1.54) is 35.3 Å². The maximum absolute atomic E-state index is 13.0. The van der Waals surface area contributed by atoms with E-state index in [1.807, 2.05) is 0 Å². The van der Waals surface area contributed by atoms with Gasteiger partial charge in [0.05, 0.1) is 5.75 Å². The van der Waals surface area contributed by atoms with Crippen LogP contribution in [0.5, 0.6) is 0 Å². The molecule has 1 aromatic heterocycles. The van der Waals surface area contributed by atoms with Gasteiger partial charge < -0.3 is 26.0 Å². The quantitative estimate of drug-likeness (QED) is 0.0987. The number of β-lactam (4-membered cyclic amide) rings is 1. The van der Waals surface area contributed by atoms with Crippen LogP contribution in [0.4, 0.5) is 0 Å². The molecular formula is C16H22N7NaO7S3. The third kappa shape index (κ3) is 5.72. The molecule has 3 heterocycles. The van der Waals surface area contributed by atoms with Crippen molar-refractivity contribution in [1.29, 1.82) is 0 Å². The maximum atomic E-state index is 13.0. The standard InChI is InChI=1S/C16H21N7O7S3.Na.H/c1-22-15(19-20-21-22)33-4-7-3-32-14-16(30-2,13(29)23(14)10(7)12(27)28)18-9(24)6-31-5-8(17)11(25)26;;/h8,14H,3-6,17H2,1-2H3,(H,18,24)(H,25,26)(H,27,28);;/t8?,14-,16+;;/m1../s1. The molecule has 1 unspecified atom stereocenters. The van der Waals surface area contributed by atoms with E-state index in [-0.39, 0.29) is 58.3 Å². The molecule has 182 valence electrons. The number of aromatic nitrogens is 4. The van der Waals surface area contributed by atoms with Gasteiger partial charge in [0, 0.05) is 31.4 Å². The van der Waals surface area contributed by atoms with Crippen LogP contribution in [-0.4, -0.2) is 136 Å². The molecule has 2 aliphatic heterocycles. The molecule has 0 aliphatic carbocycles. The fourth-order valence-corrected chi connectivity index (χ4v) is 6.34. The number of carbonyl (C=O) groups excluding carboxylic acids is 2. The van der Waals surface area contributed by atoms with Gasteiger partial charge in [-0.15, -0.1) is 28.6 Å². The topological polar surface area (TPSA) is 203 Å². The molecule has 0 spiro atoms. The Bertz CT molecular complexity index is 1010. The molecule has 14 nitrogen and oxygen atoms in total. The zero-order chi connectivity index (χ0) is 24.3. The van der Waals surface area contributed by atoms with Crippen LogP contribution in [-0.2, 0) is 31.0 Å². The van der Waals surface area contributed by atoms with E-state index in [9.17, 15) is 24.3 Å². The molecule has 3 rings (SSSR count). The summed E-state index contributed by atoms with van der Waals surface area (Å²) in [6, 6.07) is -1.12. The number of rotatable bonds is 11. The number of carboxylic acid groups (broad SMARTS) is 2. The zero-order valence-electron chi connectivity index (χ0n) is 17.5. The fourth-order valence-electron chi connectivity index (χ4n) is 3.14. The molecule has 0 aromatic carbocycles. The number of nitrogens with one attached hydrogen (secondary N) is 1. The molecule has 2 aliphatic rings. The summed E-state index contributed by atoms with van der Waals surface area (Å²) in [6.07, 6.45) is 0. The fraction of sp³-hybridized carbons (Fsp3) is 0.562. The molecule has 34 heavy (non-hydrogen) atoms. The Labute approximate surface area is 228 Å². The SMILES string of the molecule is CO[C@@]1(NC(=O)CSCC(N)C(=O)O)C(=O)N2C(C(=O)O)=C(CSc3nnnn3C)CS[C@@H]21.[NaH]. The van der Waals surface area contributed by atoms with Crippen molar-refractivity contribution in [2.75, 3.05) is 30.1 Å². The number of aryl methyl sites for hydroxylation is 1. The number of hydrogen-bond acceptors (Lipinski definition) is 12. The summed E-state index contributed by atoms with van der Waals surface area (Å²) in [6.45, 7) is 0. The van der Waals surface area contributed by atoms with E-state index < -0.39 is 40.9 Å². The predicted octanol–water partition coefficient (Wildman–Crippen LogP) is -2.49. The van der Waals surface area contributed by atoms with Crippen LogP contribution in [0.1, 0.15) is 0 Å². The Hall–Kier alpha value is -1.34. The molecule has 1 aromatic rings. The van der Waals surface area contributed by atoms with Gasteiger partial charge in [0.15, 0.2) is 0 Å². The van der Waals surface area contributed by atoms with Gasteiger partial charge in [0.2, 0.25) is 11.1 Å². The Morgan fingerprint density at radius 3 is 2.68 bits per heavy atom. The molecule has 0 radical (unpaired) electrons. The summed E-state index contributed by atoms with van der Waals surface area (Å²) in [5.41, 5.74) is 4.05. The van der Waals surface area contributed by atoms with Crippen molar-refractivity contribution in [3.8, 4) is 0 Å². The van der Waals surface area contributed by atoms with Crippen molar-refractivity contribution >= 4 is 88.6 Å². The number of nitrogens with zero attached hydrogens (tertiary/aromatic N) is 5. The number of methoxy groups -OCH3 is 1. The summed E-state index contributed by atoms with van der Waals surface area (Å²) in [7, 11) is 2.91. The van der Waals surface area contributed by atoms with Crippen molar-refractivity contribution in [3.05, 3.63) is 11.3 Å². The number of hydrogen-bond donors (Lipinski definition) is 4. The van der Waals surface area contributed by atoms with Crippen LogP contribution in [0.15, 0.2) is 16.4 Å². The third-order valence-electron chi connectivity index (χ3n) is 4.76. The Kier molecular flexibility index (Phi) is 10.3. The summed E-state index contributed by atoms with van der Waals surface area (Å²) in [4.78, 5) is 49.3. The molecule has 1 fully saturated rings. The second-order valence-corrected chi connectivity index (χ2v) is 9.96. The number of thioether (sulfide) groups is 3. The number of ether oxygens (including phenoxy) is 1. The minimum atomic E-state index is -1.72. The number of nitrogens with two attached hydrogens (primary N) is 1. The van der Waals surface area contributed by atoms with Crippen LogP contribution in [0.3, 0.4) is 0 Å². The molecule has 1 saturated heterocycles. The van der Waals surface area contributed by atoms with Crippen molar-refractivity contribution in [3.63, 3.8) is 0 Å². The van der Waals surface area contributed by atoms with Gasteiger partial charge in [-0.2, -0.15) is 0 Å². The van der Waals surface area contributed by atoms with Gasteiger partial charge in [-0.05, 0) is 16.0 Å². The second-order valence-electron chi connectivity index (χ2n) is 6.92. The van der Waals surface area contributed by atoms with E-state index in [4.69, 9.17) is 15.6 Å². The van der Waals surface area contributed by atoms with Gasteiger partial charge in [-0.1, -0.05) is 11.8 Å². The normalized spacial score (nSPS) is 22.4. The molecule has 0 saturated carbocycles. The van der Waals surface area contributed by atoms with E-state index >= 15 is 0 Å². The van der Waals surface area contributed by atoms with Crippen LogP contribution in [0.2, 0.25) is 0 Å². The van der Waals surface area contributed by atoms with Crippen LogP contribution in [0.25, 0.3) is 0 Å². The second kappa shape index (κ2) is 12.1. The van der Waals surface area contributed by atoms with Crippen molar-refractivity contribution < 1.29 is 34.1 Å². The van der Waals surface area contributed by atoms with Crippen molar-refractivity contribution in [2.24, 2.45) is 12.8 Å². The first-order chi connectivity index (χ1) is 15.6. The first-order valence-corrected chi connectivity index (χ1v) is 12.5. The Morgan fingerprint density at radius 1 is 1.41 bits per heavy atom. The van der Waals surface area contributed by atoms with Gasteiger partial charge >= 0.3 is 41.5 Å². The van der Waals surface area contributed by atoms with Crippen molar-refractivity contribution in [1.82, 2.24) is 30.4 Å². The van der Waals surface area contributed by atoms with E-state index in [1.54, 1.807) is 7.05 Å². The molecule has 3 atom stereocenters. The van der Waals surface area contributed by atoms with Gasteiger partial charge in [-0.3, -0.25) is 19.3 Å². The number of carboxylic acids is 2. The molecular weight excluding hydrogens is 521 g/mol. The first kappa shape index (κ1) is 28.9. The van der Waals surface area contributed by atoms with E-state index in [0.29, 0.717) is 10.7 Å². The molecule has 2 amide bonds. The average Bonchev–Trinajstić information content (AvgIpc) is 3.19. The molecule has 0 bridgehead atoms. The average molecular weight is 544 g/mol. The first-order valence-electron chi connectivity index (χ1n) is 9.30. The van der Waals surface area contributed by atoms with Gasteiger partial charge in [0.1, 0.15) is 17.1 Å². The molecule has 18 heteroatoms. The number of fused-ring (bicyclic) bond motifs is 1. The number of carbonyl (C=O) groups is 4. The van der Waals surface area contributed by atoms with Crippen molar-refractivity contribution in [2.45, 2.75) is 22.3 Å². The van der Waals surface area contributed by atoms with Gasteiger partial charge in [-0.25, -0.2) is 9.48 Å². The van der Waals surface area contributed by atoms with E-state index in [2.05, 4.69) is 20.8 Å². The number of aliphatic carboxylic acids is 2. The molecule has 5 N–H and O–H groups in total. The Morgan fingerprint density at radius 2 is 2.12 bits per heavy atom. The summed E-state index contributed by atoms with van der Waals surface area (Å²) >= 11 is 3.50. The minimum absolute atomic E-state index is 0. The zero-order valence-corrected chi connectivity index (χ0v) is 19.9. The van der Waals surface area contributed by atoms with Crippen LogP contribution >= 0.6 is 35.3 Å².